The van der Waals surface area contributed by atoms with E-state index in [1.54, 1.807) is 12.1 Å². The summed E-state index contributed by atoms with van der Waals surface area (Å²) in [6.45, 7) is 12.3. The smallest absolute Gasteiger partial charge is 0.115 e. The SMILES string of the molecule is C=C.CC1=CCC(C)=C[CH]1.Cc1ccc(O)cc1. The Labute approximate surface area is 111 Å². The Morgan fingerprint density at radius 1 is 1.00 bits per heavy atom. The Hall–Kier alpha value is -1.76. The van der Waals surface area contributed by atoms with E-state index in [1.807, 2.05) is 19.1 Å². The van der Waals surface area contributed by atoms with Crippen molar-refractivity contribution in [2.45, 2.75) is 27.2 Å². The van der Waals surface area contributed by atoms with Gasteiger partial charge in [-0.1, -0.05) is 41.0 Å². The summed E-state index contributed by atoms with van der Waals surface area (Å²) in [5, 5.41) is 8.76. The van der Waals surface area contributed by atoms with Gasteiger partial charge in [0.25, 0.3) is 0 Å². The summed E-state index contributed by atoms with van der Waals surface area (Å²) >= 11 is 0. The second-order valence-corrected chi connectivity index (χ2v) is 4.17. The van der Waals surface area contributed by atoms with Gasteiger partial charge in [-0.15, -0.1) is 13.2 Å². The van der Waals surface area contributed by atoms with E-state index in [4.69, 9.17) is 5.11 Å². The van der Waals surface area contributed by atoms with Crippen LogP contribution < -0.4 is 0 Å². The van der Waals surface area contributed by atoms with Crippen molar-refractivity contribution in [2.24, 2.45) is 0 Å². The van der Waals surface area contributed by atoms with Crippen molar-refractivity contribution in [3.8, 4) is 5.75 Å². The molecule has 1 aromatic rings. The molecule has 0 bridgehead atoms. The van der Waals surface area contributed by atoms with Gasteiger partial charge in [0.1, 0.15) is 5.75 Å². The molecule has 0 saturated carbocycles. The van der Waals surface area contributed by atoms with E-state index in [2.05, 4.69) is 45.6 Å². The van der Waals surface area contributed by atoms with E-state index in [1.165, 1.54) is 16.7 Å². The van der Waals surface area contributed by atoms with Gasteiger partial charge in [-0.25, -0.2) is 0 Å². The number of aryl methyl sites for hydroxylation is 1. The second kappa shape index (κ2) is 9.29. The predicted molar refractivity (Wildman–Crippen MR) is 80.5 cm³/mol. The van der Waals surface area contributed by atoms with Crippen LogP contribution in [-0.2, 0) is 0 Å². The Kier molecular flexibility index (Phi) is 8.38. The lowest BCUT2D eigenvalue weighted by molar-refractivity contribution is 0.475. The maximum Gasteiger partial charge on any atom is 0.115 e. The Balaban J connectivity index is 0.000000283. The van der Waals surface area contributed by atoms with E-state index in [-0.39, 0.29) is 0 Å². The summed E-state index contributed by atoms with van der Waals surface area (Å²) < 4.78 is 0. The molecular formula is C17H23O. The Bertz CT molecular complexity index is 357. The van der Waals surface area contributed by atoms with Gasteiger partial charge in [0.05, 0.1) is 0 Å². The van der Waals surface area contributed by atoms with Crippen molar-refractivity contribution in [3.05, 3.63) is 72.7 Å². The molecule has 1 heteroatoms. The fourth-order valence-corrected chi connectivity index (χ4v) is 1.28. The van der Waals surface area contributed by atoms with Gasteiger partial charge in [0, 0.05) is 6.42 Å². The van der Waals surface area contributed by atoms with E-state index in [0.29, 0.717) is 5.75 Å². The molecule has 1 aliphatic carbocycles. The minimum atomic E-state index is 0.329. The van der Waals surface area contributed by atoms with Gasteiger partial charge in [-0.3, -0.25) is 0 Å². The number of aromatic hydroxyl groups is 1. The number of hydrogen-bond donors (Lipinski definition) is 1. The lowest BCUT2D eigenvalue weighted by Crippen LogP contribution is -1.85. The molecule has 1 nitrogen and oxygen atoms in total. The quantitative estimate of drug-likeness (QED) is 0.636. The van der Waals surface area contributed by atoms with Crippen LogP contribution in [0, 0.1) is 13.3 Å². The molecule has 1 N–H and O–H groups in total. The third kappa shape index (κ3) is 7.50. The third-order valence-corrected chi connectivity index (χ3v) is 2.41. The Morgan fingerprint density at radius 3 is 1.89 bits per heavy atom. The molecule has 2 rings (SSSR count). The molecule has 0 fully saturated rings. The minimum absolute atomic E-state index is 0.329. The summed E-state index contributed by atoms with van der Waals surface area (Å²) in [6.07, 6.45) is 7.71. The van der Waals surface area contributed by atoms with Crippen LogP contribution in [0.5, 0.6) is 5.75 Å². The minimum Gasteiger partial charge on any atom is -0.508 e. The second-order valence-electron chi connectivity index (χ2n) is 4.17. The molecule has 97 valence electrons. The van der Waals surface area contributed by atoms with Gasteiger partial charge in [-0.2, -0.15) is 0 Å². The number of allylic oxidation sites excluding steroid dienone is 4. The molecule has 1 aliphatic rings. The largest absolute Gasteiger partial charge is 0.508 e. The standard InChI is InChI=1S/C8H11.C7H8O.C2H4/c1-7-3-5-8(2)6-4-7;1-6-2-4-7(8)5-3-6;1-2/h3-5H,6H2,1-2H3;2-5,8H,1H3;1-2H2. The molecule has 0 saturated heterocycles. The molecule has 1 aromatic carbocycles. The van der Waals surface area contributed by atoms with Crippen LogP contribution in [0.15, 0.2) is 60.7 Å². The molecule has 0 aromatic heterocycles. The van der Waals surface area contributed by atoms with Crippen LogP contribution in [0.1, 0.15) is 25.8 Å². The lowest BCUT2D eigenvalue weighted by Gasteiger charge is -2.04. The van der Waals surface area contributed by atoms with Gasteiger partial charge >= 0.3 is 0 Å². The molecule has 0 amide bonds. The van der Waals surface area contributed by atoms with Crippen molar-refractivity contribution < 1.29 is 5.11 Å². The van der Waals surface area contributed by atoms with Crippen LogP contribution in [0.4, 0.5) is 0 Å². The van der Waals surface area contributed by atoms with Crippen molar-refractivity contribution >= 4 is 0 Å². The summed E-state index contributed by atoms with van der Waals surface area (Å²) in [4.78, 5) is 0. The molecule has 18 heavy (non-hydrogen) atoms. The van der Waals surface area contributed by atoms with Crippen molar-refractivity contribution in [3.63, 3.8) is 0 Å². The lowest BCUT2D eigenvalue weighted by atomic mass is 10.0. The van der Waals surface area contributed by atoms with Crippen LogP contribution in [0.2, 0.25) is 0 Å². The maximum absolute atomic E-state index is 8.76. The van der Waals surface area contributed by atoms with E-state index < -0.39 is 0 Å². The molecule has 0 unspecified atom stereocenters. The topological polar surface area (TPSA) is 20.2 Å². The maximum atomic E-state index is 8.76. The van der Waals surface area contributed by atoms with Gasteiger partial charge < -0.3 is 5.11 Å². The van der Waals surface area contributed by atoms with E-state index >= 15 is 0 Å². The highest BCUT2D eigenvalue weighted by molar-refractivity contribution is 5.28. The summed E-state index contributed by atoms with van der Waals surface area (Å²) in [7, 11) is 0. The Morgan fingerprint density at radius 2 is 1.56 bits per heavy atom. The first-order valence-electron chi connectivity index (χ1n) is 6.01. The zero-order valence-electron chi connectivity index (χ0n) is 11.6. The number of phenols is 1. The fraction of sp³-hybridized carbons (Fsp3) is 0.235. The highest BCUT2D eigenvalue weighted by Gasteiger charge is 1.94. The van der Waals surface area contributed by atoms with Crippen LogP contribution in [-0.4, -0.2) is 5.11 Å². The van der Waals surface area contributed by atoms with Crippen molar-refractivity contribution in [2.75, 3.05) is 0 Å². The van der Waals surface area contributed by atoms with Gasteiger partial charge in [0.15, 0.2) is 0 Å². The molecular weight excluding hydrogens is 220 g/mol. The summed E-state index contributed by atoms with van der Waals surface area (Å²) in [5.41, 5.74) is 4.01. The number of hydrogen-bond acceptors (Lipinski definition) is 1. The first-order chi connectivity index (χ1) is 8.58. The van der Waals surface area contributed by atoms with Gasteiger partial charge in [-0.05, 0) is 39.3 Å². The van der Waals surface area contributed by atoms with Crippen molar-refractivity contribution in [1.29, 1.82) is 0 Å². The summed E-state index contributed by atoms with van der Waals surface area (Å²) in [6, 6.07) is 7.09. The van der Waals surface area contributed by atoms with E-state index in [0.717, 1.165) is 6.42 Å². The highest BCUT2D eigenvalue weighted by atomic mass is 16.3. The molecule has 0 heterocycles. The number of benzene rings is 1. The fourth-order valence-electron chi connectivity index (χ4n) is 1.28. The molecule has 0 spiro atoms. The van der Waals surface area contributed by atoms with Crippen LogP contribution in [0.3, 0.4) is 0 Å². The predicted octanol–water partition coefficient (Wildman–Crippen LogP) is 4.99. The average molecular weight is 243 g/mol. The van der Waals surface area contributed by atoms with Crippen LogP contribution in [0.25, 0.3) is 0 Å². The van der Waals surface area contributed by atoms with Gasteiger partial charge in [0.2, 0.25) is 0 Å². The highest BCUT2D eigenvalue weighted by Crippen LogP contribution is 2.14. The first-order valence-corrected chi connectivity index (χ1v) is 6.01. The average Bonchev–Trinajstić information content (AvgIpc) is 2.40. The van der Waals surface area contributed by atoms with Crippen LogP contribution >= 0.6 is 0 Å². The number of rotatable bonds is 0. The molecule has 1 radical (unpaired) electrons. The van der Waals surface area contributed by atoms with Crippen molar-refractivity contribution in [1.82, 2.24) is 0 Å². The third-order valence-electron chi connectivity index (χ3n) is 2.41. The first kappa shape index (κ1) is 16.2. The van der Waals surface area contributed by atoms with E-state index in [9.17, 15) is 0 Å². The summed E-state index contributed by atoms with van der Waals surface area (Å²) in [5.74, 6) is 0.329. The zero-order valence-corrected chi connectivity index (χ0v) is 11.6. The molecule has 0 aliphatic heterocycles. The monoisotopic (exact) mass is 243 g/mol. The normalized spacial score (nSPS) is 13.1. The number of phenolic OH excluding ortho intramolecular Hbond substituents is 1. The molecule has 0 atom stereocenters. The zero-order chi connectivity index (χ0) is 14.0.